The zero-order valence-electron chi connectivity index (χ0n) is 14.4. The van der Waals surface area contributed by atoms with Crippen molar-refractivity contribution in [2.75, 3.05) is 39.4 Å². The number of benzene rings is 1. The lowest BCUT2D eigenvalue weighted by molar-refractivity contribution is -0.137. The second-order valence-electron chi connectivity index (χ2n) is 7.45. The Kier molecular flexibility index (Phi) is 4.86. The number of piperidine rings is 1. The van der Waals surface area contributed by atoms with Crippen molar-refractivity contribution in [2.45, 2.75) is 37.6 Å². The summed E-state index contributed by atoms with van der Waals surface area (Å²) in [6, 6.07) is 10.9. The zero-order valence-corrected chi connectivity index (χ0v) is 14.4. The Morgan fingerprint density at radius 2 is 1.88 bits per heavy atom. The summed E-state index contributed by atoms with van der Waals surface area (Å²) in [5, 5.41) is 0. The van der Waals surface area contributed by atoms with Crippen LogP contribution in [0.15, 0.2) is 30.3 Å². The molecule has 1 aromatic carbocycles. The fourth-order valence-corrected chi connectivity index (χ4v) is 4.31. The van der Waals surface area contributed by atoms with Gasteiger partial charge in [-0.25, -0.2) is 0 Å². The van der Waals surface area contributed by atoms with E-state index in [1.165, 1.54) is 12.0 Å². The van der Waals surface area contributed by atoms with Crippen LogP contribution in [0.3, 0.4) is 0 Å². The average molecular weight is 328 g/mol. The van der Waals surface area contributed by atoms with E-state index in [0.717, 1.165) is 58.7 Å². The molecule has 3 aliphatic rings. The normalized spacial score (nSPS) is 31.0. The molecule has 3 atom stereocenters. The number of ether oxygens (including phenoxy) is 1. The minimum atomic E-state index is 0.220. The van der Waals surface area contributed by atoms with Gasteiger partial charge in [-0.1, -0.05) is 30.3 Å². The standard InChI is InChI=1S/C20H28N2O2/c23-20(19-14-18(19)16-6-2-1-3-7-16)22-9-5-4-8-17(22)15-21-10-12-24-13-11-21/h1-3,6-7,17-19H,4-5,8-15H2/t17-,18-,19-/m1/s1. The number of morpholine rings is 1. The van der Waals surface area contributed by atoms with Crippen LogP contribution in [-0.2, 0) is 9.53 Å². The van der Waals surface area contributed by atoms with Gasteiger partial charge in [-0.15, -0.1) is 0 Å². The molecule has 3 fully saturated rings. The van der Waals surface area contributed by atoms with E-state index in [0.29, 0.717) is 17.9 Å². The van der Waals surface area contributed by atoms with Crippen LogP contribution >= 0.6 is 0 Å². The molecule has 0 aromatic heterocycles. The van der Waals surface area contributed by atoms with E-state index in [1.807, 2.05) is 6.07 Å². The van der Waals surface area contributed by atoms with Crippen LogP contribution in [0.5, 0.6) is 0 Å². The van der Waals surface area contributed by atoms with Gasteiger partial charge in [0.1, 0.15) is 0 Å². The van der Waals surface area contributed by atoms with Crippen molar-refractivity contribution < 1.29 is 9.53 Å². The van der Waals surface area contributed by atoms with Gasteiger partial charge in [0.15, 0.2) is 0 Å². The highest BCUT2D eigenvalue weighted by Gasteiger charge is 2.47. The Labute approximate surface area is 144 Å². The van der Waals surface area contributed by atoms with E-state index < -0.39 is 0 Å². The number of carbonyl (C=O) groups excluding carboxylic acids is 1. The lowest BCUT2D eigenvalue weighted by atomic mass is 10.00. The molecule has 1 amide bonds. The predicted molar refractivity (Wildman–Crippen MR) is 93.9 cm³/mol. The summed E-state index contributed by atoms with van der Waals surface area (Å²) < 4.78 is 5.45. The number of likely N-dealkylation sites (tertiary alicyclic amines) is 1. The Morgan fingerprint density at radius 3 is 2.67 bits per heavy atom. The minimum Gasteiger partial charge on any atom is -0.379 e. The van der Waals surface area contributed by atoms with E-state index in [2.05, 4.69) is 34.1 Å². The van der Waals surface area contributed by atoms with E-state index in [9.17, 15) is 4.79 Å². The molecule has 1 aromatic rings. The third-order valence-corrected chi connectivity index (χ3v) is 5.82. The van der Waals surface area contributed by atoms with E-state index in [1.54, 1.807) is 0 Å². The monoisotopic (exact) mass is 328 g/mol. The molecule has 2 saturated heterocycles. The van der Waals surface area contributed by atoms with E-state index in [-0.39, 0.29) is 5.92 Å². The smallest absolute Gasteiger partial charge is 0.226 e. The second-order valence-corrected chi connectivity index (χ2v) is 7.45. The Bertz CT molecular complexity index is 556. The molecule has 0 radical (unpaired) electrons. The van der Waals surface area contributed by atoms with Crippen molar-refractivity contribution >= 4 is 5.91 Å². The summed E-state index contributed by atoms with van der Waals surface area (Å²) in [5.41, 5.74) is 1.33. The molecular weight excluding hydrogens is 300 g/mol. The number of rotatable bonds is 4. The minimum absolute atomic E-state index is 0.220. The molecule has 0 bridgehead atoms. The van der Waals surface area contributed by atoms with Crippen molar-refractivity contribution in [1.29, 1.82) is 0 Å². The summed E-state index contributed by atoms with van der Waals surface area (Å²) in [5.74, 6) is 1.07. The molecule has 4 nitrogen and oxygen atoms in total. The third-order valence-electron chi connectivity index (χ3n) is 5.82. The van der Waals surface area contributed by atoms with Gasteiger partial charge in [0.25, 0.3) is 0 Å². The molecule has 4 heteroatoms. The van der Waals surface area contributed by atoms with Gasteiger partial charge in [-0.2, -0.15) is 0 Å². The van der Waals surface area contributed by atoms with Crippen LogP contribution in [0.1, 0.15) is 37.2 Å². The maximum Gasteiger partial charge on any atom is 0.226 e. The van der Waals surface area contributed by atoms with Crippen molar-refractivity contribution in [3.8, 4) is 0 Å². The quantitative estimate of drug-likeness (QED) is 0.851. The molecule has 24 heavy (non-hydrogen) atoms. The highest BCUT2D eigenvalue weighted by Crippen LogP contribution is 2.48. The maximum absolute atomic E-state index is 13.1. The van der Waals surface area contributed by atoms with Gasteiger partial charge in [0, 0.05) is 38.1 Å². The fourth-order valence-electron chi connectivity index (χ4n) is 4.31. The van der Waals surface area contributed by atoms with Gasteiger partial charge in [0.2, 0.25) is 5.91 Å². The van der Waals surface area contributed by atoms with Gasteiger partial charge < -0.3 is 9.64 Å². The molecule has 2 heterocycles. The Morgan fingerprint density at radius 1 is 1.08 bits per heavy atom. The second kappa shape index (κ2) is 7.24. The highest BCUT2D eigenvalue weighted by molar-refractivity contribution is 5.83. The zero-order chi connectivity index (χ0) is 16.4. The third kappa shape index (κ3) is 3.50. The first-order chi connectivity index (χ1) is 11.8. The van der Waals surface area contributed by atoms with Crippen molar-refractivity contribution in [1.82, 2.24) is 9.80 Å². The first kappa shape index (κ1) is 16.1. The van der Waals surface area contributed by atoms with Gasteiger partial charge >= 0.3 is 0 Å². The van der Waals surface area contributed by atoms with Gasteiger partial charge in [0.05, 0.1) is 13.2 Å². The summed E-state index contributed by atoms with van der Waals surface area (Å²) in [6.45, 7) is 5.66. The molecule has 0 N–H and O–H groups in total. The van der Waals surface area contributed by atoms with Crippen LogP contribution in [0, 0.1) is 5.92 Å². The number of amides is 1. The first-order valence-electron chi connectivity index (χ1n) is 9.48. The SMILES string of the molecule is O=C([C@@H]1C[C@@H]1c1ccccc1)N1CCCC[C@@H]1CN1CCOCC1. The molecule has 0 spiro atoms. The largest absolute Gasteiger partial charge is 0.379 e. The van der Waals surface area contributed by atoms with Gasteiger partial charge in [-0.05, 0) is 37.2 Å². The lowest BCUT2D eigenvalue weighted by Gasteiger charge is -2.40. The van der Waals surface area contributed by atoms with Crippen LogP contribution in [-0.4, -0.2) is 61.1 Å². The average Bonchev–Trinajstić information content (AvgIpc) is 3.44. The molecule has 4 rings (SSSR count). The number of nitrogens with zero attached hydrogens (tertiary/aromatic N) is 2. The molecule has 1 saturated carbocycles. The van der Waals surface area contributed by atoms with Gasteiger partial charge in [-0.3, -0.25) is 9.69 Å². The number of hydrogen-bond donors (Lipinski definition) is 0. The summed E-state index contributed by atoms with van der Waals surface area (Å²) in [4.78, 5) is 17.8. The number of carbonyl (C=O) groups is 1. The van der Waals surface area contributed by atoms with Crippen LogP contribution < -0.4 is 0 Å². The van der Waals surface area contributed by atoms with Crippen LogP contribution in [0.4, 0.5) is 0 Å². The van der Waals surface area contributed by atoms with Crippen LogP contribution in [0.25, 0.3) is 0 Å². The molecule has 2 aliphatic heterocycles. The summed E-state index contributed by atoms with van der Waals surface area (Å²) in [7, 11) is 0. The molecular formula is C20H28N2O2. The topological polar surface area (TPSA) is 32.8 Å². The molecule has 130 valence electrons. The fraction of sp³-hybridized carbons (Fsp3) is 0.650. The molecule has 1 aliphatic carbocycles. The molecule has 0 unspecified atom stereocenters. The first-order valence-corrected chi connectivity index (χ1v) is 9.48. The Balaban J connectivity index is 1.38. The highest BCUT2D eigenvalue weighted by atomic mass is 16.5. The maximum atomic E-state index is 13.1. The van der Waals surface area contributed by atoms with E-state index >= 15 is 0 Å². The Hall–Kier alpha value is -1.39. The summed E-state index contributed by atoms with van der Waals surface area (Å²) in [6.07, 6.45) is 4.61. The predicted octanol–water partition coefficient (Wildman–Crippen LogP) is 2.50. The van der Waals surface area contributed by atoms with Crippen molar-refractivity contribution in [2.24, 2.45) is 5.92 Å². The summed E-state index contributed by atoms with van der Waals surface area (Å²) >= 11 is 0. The van der Waals surface area contributed by atoms with Crippen molar-refractivity contribution in [3.63, 3.8) is 0 Å². The van der Waals surface area contributed by atoms with Crippen LogP contribution in [0.2, 0.25) is 0 Å². The lowest BCUT2D eigenvalue weighted by Crippen LogP contribution is -2.51. The van der Waals surface area contributed by atoms with Crippen molar-refractivity contribution in [3.05, 3.63) is 35.9 Å². The van der Waals surface area contributed by atoms with E-state index in [4.69, 9.17) is 4.74 Å². The number of hydrogen-bond acceptors (Lipinski definition) is 3.